The second-order valence-corrected chi connectivity index (χ2v) is 10.5. The number of halogens is 3. The average molecular weight is 517 g/mol. The zero-order valence-corrected chi connectivity index (χ0v) is 21.3. The van der Waals surface area contributed by atoms with E-state index in [2.05, 4.69) is 5.32 Å². The van der Waals surface area contributed by atoms with Crippen molar-refractivity contribution in [2.45, 2.75) is 44.8 Å². The van der Waals surface area contributed by atoms with E-state index in [1.54, 1.807) is 0 Å². The molecule has 0 fully saturated rings. The van der Waals surface area contributed by atoms with Gasteiger partial charge in [-0.1, -0.05) is 33.8 Å². The Morgan fingerprint density at radius 2 is 1.57 bits per heavy atom. The number of hydrogen-bond donors (Lipinski definition) is 1. The average Bonchev–Trinajstić information content (AvgIpc) is 2.79. The molecule has 2 aromatic carbocycles. The summed E-state index contributed by atoms with van der Waals surface area (Å²) >= 11 is 0. The van der Waals surface area contributed by atoms with Crippen LogP contribution >= 0.6 is 0 Å². The van der Waals surface area contributed by atoms with Gasteiger partial charge in [0.2, 0.25) is 5.91 Å². The van der Waals surface area contributed by atoms with Crippen molar-refractivity contribution in [2.75, 3.05) is 25.1 Å². The van der Waals surface area contributed by atoms with Crippen molar-refractivity contribution in [2.24, 2.45) is 11.8 Å². The molecule has 0 aliphatic rings. The Hall–Kier alpha value is -2.95. The van der Waals surface area contributed by atoms with Crippen molar-refractivity contribution in [3.8, 4) is 11.5 Å². The molecule has 7 nitrogen and oxygen atoms in total. The summed E-state index contributed by atoms with van der Waals surface area (Å²) in [5.41, 5.74) is -1.33. The lowest BCUT2D eigenvalue weighted by molar-refractivity contribution is -0.137. The number of rotatable bonds is 10. The minimum absolute atomic E-state index is 0.0587. The summed E-state index contributed by atoms with van der Waals surface area (Å²) in [5.74, 6) is -0.140. The molecule has 0 aliphatic heterocycles. The van der Waals surface area contributed by atoms with E-state index in [0.29, 0.717) is 10.4 Å². The lowest BCUT2D eigenvalue weighted by Gasteiger charge is -2.29. The fourth-order valence-electron chi connectivity index (χ4n) is 3.72. The Morgan fingerprint density at radius 1 is 0.971 bits per heavy atom. The molecule has 1 amide bonds. The molecule has 2 rings (SSSR count). The van der Waals surface area contributed by atoms with Crippen molar-refractivity contribution >= 4 is 21.6 Å². The highest BCUT2D eigenvalue weighted by molar-refractivity contribution is 7.92. The predicted octanol–water partition coefficient (Wildman–Crippen LogP) is 4.71. The molecule has 0 unspecified atom stereocenters. The van der Waals surface area contributed by atoms with Crippen LogP contribution in [0, 0.1) is 11.8 Å². The van der Waals surface area contributed by atoms with Gasteiger partial charge in [0.1, 0.15) is 6.54 Å². The zero-order chi connectivity index (χ0) is 26.6. The number of amides is 1. The molecule has 0 bridgehead atoms. The van der Waals surface area contributed by atoms with Gasteiger partial charge in [0.25, 0.3) is 10.0 Å². The van der Waals surface area contributed by atoms with Crippen LogP contribution in [-0.2, 0) is 21.0 Å². The van der Waals surface area contributed by atoms with Gasteiger partial charge in [0, 0.05) is 12.1 Å². The maximum Gasteiger partial charge on any atom is 0.416 e. The zero-order valence-electron chi connectivity index (χ0n) is 20.5. The fraction of sp³-hybridized carbons (Fsp3) is 0.458. The maximum atomic E-state index is 13.6. The highest BCUT2D eigenvalue weighted by Gasteiger charge is 2.34. The number of carbonyl (C=O) groups is 1. The van der Waals surface area contributed by atoms with E-state index in [-0.39, 0.29) is 40.0 Å². The number of ether oxygens (including phenoxy) is 2. The topological polar surface area (TPSA) is 84.9 Å². The smallest absolute Gasteiger partial charge is 0.416 e. The standard InChI is InChI=1S/C24H31F3N2O5S/c1-15(2)23(16(3)4)28-22(30)14-29(18-9-7-8-17(12-18)24(25,26)27)35(31,32)19-10-11-20(33-5)21(13-19)34-6/h7-13,15-16,23H,14H2,1-6H3,(H,28,30). The van der Waals surface area contributed by atoms with Crippen LogP contribution in [0.2, 0.25) is 0 Å². The van der Waals surface area contributed by atoms with E-state index < -0.39 is 34.2 Å². The molecule has 0 heterocycles. The molecular formula is C24H31F3N2O5S. The van der Waals surface area contributed by atoms with Gasteiger partial charge in [-0.3, -0.25) is 9.10 Å². The number of hydrogen-bond acceptors (Lipinski definition) is 5. The van der Waals surface area contributed by atoms with Crippen molar-refractivity contribution in [1.82, 2.24) is 5.32 Å². The predicted molar refractivity (Wildman–Crippen MR) is 127 cm³/mol. The summed E-state index contributed by atoms with van der Waals surface area (Å²) < 4.78 is 78.3. The Kier molecular flexibility index (Phi) is 9.05. The molecule has 0 aliphatic carbocycles. The largest absolute Gasteiger partial charge is 0.493 e. The first-order chi connectivity index (χ1) is 16.2. The summed E-state index contributed by atoms with van der Waals surface area (Å²) in [6.07, 6.45) is -4.70. The van der Waals surface area contributed by atoms with E-state index in [0.717, 1.165) is 12.1 Å². The first-order valence-electron chi connectivity index (χ1n) is 10.9. The fourth-order valence-corrected chi connectivity index (χ4v) is 5.15. The van der Waals surface area contributed by atoms with E-state index in [1.807, 2.05) is 27.7 Å². The van der Waals surface area contributed by atoms with Crippen LogP contribution in [0.4, 0.5) is 18.9 Å². The quantitative estimate of drug-likeness (QED) is 0.494. The van der Waals surface area contributed by atoms with Gasteiger partial charge in [-0.15, -0.1) is 0 Å². The lowest BCUT2D eigenvalue weighted by Crippen LogP contribution is -2.47. The monoisotopic (exact) mass is 516 g/mol. The second-order valence-electron chi connectivity index (χ2n) is 8.66. The molecular weight excluding hydrogens is 485 g/mol. The Morgan fingerprint density at radius 3 is 2.09 bits per heavy atom. The minimum Gasteiger partial charge on any atom is -0.493 e. The minimum atomic E-state index is -4.70. The third kappa shape index (κ3) is 6.81. The lowest BCUT2D eigenvalue weighted by atomic mass is 9.93. The van der Waals surface area contributed by atoms with Gasteiger partial charge < -0.3 is 14.8 Å². The summed E-state index contributed by atoms with van der Waals surface area (Å²) in [7, 11) is -1.77. The van der Waals surface area contributed by atoms with E-state index in [9.17, 15) is 26.4 Å². The first kappa shape index (κ1) is 28.3. The molecule has 0 atom stereocenters. The van der Waals surface area contributed by atoms with Crippen LogP contribution in [0.5, 0.6) is 11.5 Å². The van der Waals surface area contributed by atoms with Gasteiger partial charge in [0.15, 0.2) is 11.5 Å². The van der Waals surface area contributed by atoms with Crippen LogP contribution in [0.15, 0.2) is 47.4 Å². The highest BCUT2D eigenvalue weighted by atomic mass is 32.2. The summed E-state index contributed by atoms with van der Waals surface area (Å²) in [5, 5.41) is 2.81. The van der Waals surface area contributed by atoms with Crippen molar-refractivity contribution in [1.29, 1.82) is 0 Å². The number of nitrogens with one attached hydrogen (secondary N) is 1. The molecule has 1 N–H and O–H groups in total. The molecule has 0 spiro atoms. The molecule has 194 valence electrons. The van der Waals surface area contributed by atoms with Gasteiger partial charge in [-0.25, -0.2) is 8.42 Å². The third-order valence-corrected chi connectivity index (χ3v) is 7.23. The Bertz CT molecular complexity index is 1130. The van der Waals surface area contributed by atoms with Crippen LogP contribution in [0.1, 0.15) is 33.3 Å². The van der Waals surface area contributed by atoms with Crippen molar-refractivity contribution < 1.29 is 35.9 Å². The number of anilines is 1. The molecule has 0 radical (unpaired) electrons. The summed E-state index contributed by atoms with van der Waals surface area (Å²) in [6.45, 7) is 6.94. The number of carbonyl (C=O) groups excluding carboxylic acids is 1. The molecule has 0 saturated carbocycles. The summed E-state index contributed by atoms with van der Waals surface area (Å²) in [4.78, 5) is 12.7. The van der Waals surface area contributed by atoms with E-state index >= 15 is 0 Å². The van der Waals surface area contributed by atoms with E-state index in [4.69, 9.17) is 9.47 Å². The second kappa shape index (κ2) is 11.2. The molecule has 0 aromatic heterocycles. The Labute approximate surface area is 204 Å². The number of alkyl halides is 3. The maximum absolute atomic E-state index is 13.6. The van der Waals surface area contributed by atoms with Crippen molar-refractivity contribution in [3.05, 3.63) is 48.0 Å². The summed E-state index contributed by atoms with van der Waals surface area (Å²) in [6, 6.07) is 7.38. The van der Waals surface area contributed by atoms with Crippen LogP contribution in [0.3, 0.4) is 0 Å². The number of methoxy groups -OCH3 is 2. The third-order valence-electron chi connectivity index (χ3n) is 5.46. The van der Waals surface area contributed by atoms with Gasteiger partial charge >= 0.3 is 6.18 Å². The molecule has 0 saturated heterocycles. The number of benzene rings is 2. The van der Waals surface area contributed by atoms with E-state index in [1.165, 1.54) is 38.5 Å². The van der Waals surface area contributed by atoms with Crippen molar-refractivity contribution in [3.63, 3.8) is 0 Å². The highest BCUT2D eigenvalue weighted by Crippen LogP contribution is 2.35. The number of sulfonamides is 1. The first-order valence-corrected chi connectivity index (χ1v) is 12.4. The Balaban J connectivity index is 2.58. The van der Waals surface area contributed by atoms with Crippen LogP contribution in [-0.4, -0.2) is 41.1 Å². The molecule has 2 aromatic rings. The normalized spacial score (nSPS) is 12.2. The number of nitrogens with zero attached hydrogens (tertiary/aromatic N) is 1. The van der Waals surface area contributed by atoms with Gasteiger partial charge in [-0.2, -0.15) is 13.2 Å². The molecule has 35 heavy (non-hydrogen) atoms. The van der Waals surface area contributed by atoms with Gasteiger partial charge in [-0.05, 0) is 42.2 Å². The SMILES string of the molecule is COc1ccc(S(=O)(=O)N(CC(=O)NC(C(C)C)C(C)C)c2cccc(C(F)(F)F)c2)cc1OC. The van der Waals surface area contributed by atoms with Crippen LogP contribution < -0.4 is 19.1 Å². The van der Waals surface area contributed by atoms with Gasteiger partial charge in [0.05, 0.1) is 30.4 Å². The van der Waals surface area contributed by atoms with Crippen LogP contribution in [0.25, 0.3) is 0 Å². The molecule has 11 heteroatoms.